The Morgan fingerprint density at radius 1 is 1.21 bits per heavy atom. The summed E-state index contributed by atoms with van der Waals surface area (Å²) in [5.74, 6) is 0. The van der Waals surface area contributed by atoms with Crippen LogP contribution in [-0.2, 0) is 18.5 Å². The van der Waals surface area contributed by atoms with Gasteiger partial charge in [-0.2, -0.15) is 0 Å². The molecule has 1 aromatic heterocycles. The van der Waals surface area contributed by atoms with E-state index in [0.717, 1.165) is 17.5 Å². The Kier molecular flexibility index (Phi) is 4.29. The second-order valence-electron chi connectivity index (χ2n) is 7.16. The van der Waals surface area contributed by atoms with Gasteiger partial charge in [0.25, 0.3) is 0 Å². The SMILES string of the molecule is CC1(C)CCn2c(=O)n(C[C@H](O)[C@H](O)[C@H](O)CO)c3cccc1c32. The summed E-state index contributed by atoms with van der Waals surface area (Å²) in [4.78, 5) is 12.7. The lowest BCUT2D eigenvalue weighted by Crippen LogP contribution is -2.43. The number of aliphatic hydroxyl groups excluding tert-OH is 4. The number of hydrogen-bond donors (Lipinski definition) is 4. The van der Waals surface area contributed by atoms with Crippen LogP contribution >= 0.6 is 0 Å². The summed E-state index contributed by atoms with van der Waals surface area (Å²) < 4.78 is 3.13. The van der Waals surface area contributed by atoms with Crippen molar-refractivity contribution in [1.82, 2.24) is 9.13 Å². The van der Waals surface area contributed by atoms with Crippen LogP contribution in [0, 0.1) is 0 Å². The van der Waals surface area contributed by atoms with Crippen molar-refractivity contribution in [2.24, 2.45) is 0 Å². The van der Waals surface area contributed by atoms with Gasteiger partial charge in [0.15, 0.2) is 0 Å². The van der Waals surface area contributed by atoms with Crippen molar-refractivity contribution in [3.8, 4) is 0 Å². The lowest BCUT2D eigenvalue weighted by molar-refractivity contribution is -0.0805. The molecule has 132 valence electrons. The molecular weight excluding hydrogens is 312 g/mol. The lowest BCUT2D eigenvalue weighted by Gasteiger charge is -2.30. The summed E-state index contributed by atoms with van der Waals surface area (Å²) in [6.07, 6.45) is -3.49. The number of aryl methyl sites for hydroxylation is 1. The van der Waals surface area contributed by atoms with Crippen LogP contribution in [0.15, 0.2) is 23.0 Å². The minimum Gasteiger partial charge on any atom is -0.394 e. The van der Waals surface area contributed by atoms with Gasteiger partial charge in [0.05, 0.1) is 24.2 Å². The highest BCUT2D eigenvalue weighted by Crippen LogP contribution is 2.36. The average molecular weight is 336 g/mol. The van der Waals surface area contributed by atoms with Crippen LogP contribution in [0.4, 0.5) is 0 Å². The van der Waals surface area contributed by atoms with Crippen LogP contribution in [0.5, 0.6) is 0 Å². The van der Waals surface area contributed by atoms with Gasteiger partial charge in [0.2, 0.25) is 0 Å². The highest BCUT2D eigenvalue weighted by Gasteiger charge is 2.32. The maximum Gasteiger partial charge on any atom is 0.329 e. The number of imidazole rings is 1. The zero-order chi connectivity index (χ0) is 17.6. The van der Waals surface area contributed by atoms with Crippen molar-refractivity contribution in [2.75, 3.05) is 6.61 Å². The number of aliphatic hydroxyl groups is 4. The minimum atomic E-state index is -1.52. The fourth-order valence-electron chi connectivity index (χ4n) is 3.49. The molecule has 2 aromatic rings. The van der Waals surface area contributed by atoms with E-state index in [9.17, 15) is 20.1 Å². The third-order valence-corrected chi connectivity index (χ3v) is 5.07. The molecule has 2 heterocycles. The summed E-state index contributed by atoms with van der Waals surface area (Å²) in [5.41, 5.74) is 2.38. The molecular formula is C17H24N2O5. The van der Waals surface area contributed by atoms with E-state index in [1.54, 1.807) is 4.57 Å². The van der Waals surface area contributed by atoms with E-state index >= 15 is 0 Å². The average Bonchev–Trinajstić information content (AvgIpc) is 2.83. The number of rotatable bonds is 5. The summed E-state index contributed by atoms with van der Waals surface area (Å²) in [5, 5.41) is 38.4. The molecule has 24 heavy (non-hydrogen) atoms. The molecule has 0 saturated carbocycles. The van der Waals surface area contributed by atoms with Crippen LogP contribution in [-0.4, -0.2) is 54.5 Å². The van der Waals surface area contributed by atoms with Gasteiger partial charge in [-0.05, 0) is 23.5 Å². The number of hydrogen-bond acceptors (Lipinski definition) is 5. The maximum absolute atomic E-state index is 12.7. The van der Waals surface area contributed by atoms with Crippen LogP contribution in [0.1, 0.15) is 25.8 Å². The van der Waals surface area contributed by atoms with Crippen molar-refractivity contribution in [3.05, 3.63) is 34.2 Å². The quantitative estimate of drug-likeness (QED) is 0.592. The van der Waals surface area contributed by atoms with Gasteiger partial charge in [0, 0.05) is 6.54 Å². The van der Waals surface area contributed by atoms with E-state index in [2.05, 4.69) is 13.8 Å². The van der Waals surface area contributed by atoms with E-state index in [0.29, 0.717) is 12.1 Å². The first-order valence-corrected chi connectivity index (χ1v) is 8.15. The predicted molar refractivity (Wildman–Crippen MR) is 88.9 cm³/mol. The molecule has 0 unspecified atom stereocenters. The Morgan fingerprint density at radius 2 is 1.92 bits per heavy atom. The van der Waals surface area contributed by atoms with E-state index in [1.807, 2.05) is 18.2 Å². The maximum atomic E-state index is 12.7. The molecule has 0 fully saturated rings. The van der Waals surface area contributed by atoms with Gasteiger partial charge in [0.1, 0.15) is 18.3 Å². The summed E-state index contributed by atoms with van der Waals surface area (Å²) in [7, 11) is 0. The zero-order valence-electron chi connectivity index (χ0n) is 13.9. The molecule has 1 aliphatic heterocycles. The standard InChI is InChI=1S/C17H24N2O5/c1-17(2)6-7-18-14-10(17)4-3-5-11(14)19(16(18)24)8-12(21)15(23)13(22)9-20/h3-5,12-13,15,20-23H,6-9H2,1-2H3/t12-,13+,15-/m0/s1. The number of aromatic nitrogens is 2. The second kappa shape index (κ2) is 6.00. The molecule has 7 heteroatoms. The van der Waals surface area contributed by atoms with Crippen molar-refractivity contribution in [2.45, 2.75) is 57.1 Å². The van der Waals surface area contributed by atoms with E-state index in [4.69, 9.17) is 5.11 Å². The molecule has 7 nitrogen and oxygen atoms in total. The van der Waals surface area contributed by atoms with Gasteiger partial charge in [-0.1, -0.05) is 26.0 Å². The highest BCUT2D eigenvalue weighted by atomic mass is 16.4. The van der Waals surface area contributed by atoms with E-state index in [1.165, 1.54) is 4.57 Å². The van der Waals surface area contributed by atoms with Crippen LogP contribution in [0.2, 0.25) is 0 Å². The molecule has 4 N–H and O–H groups in total. The molecule has 0 aliphatic carbocycles. The van der Waals surface area contributed by atoms with Crippen molar-refractivity contribution >= 4 is 11.0 Å². The molecule has 0 saturated heterocycles. The Hall–Kier alpha value is -1.67. The van der Waals surface area contributed by atoms with Crippen molar-refractivity contribution < 1.29 is 20.4 Å². The first-order valence-electron chi connectivity index (χ1n) is 8.15. The smallest absolute Gasteiger partial charge is 0.329 e. The Morgan fingerprint density at radius 3 is 2.58 bits per heavy atom. The van der Waals surface area contributed by atoms with Gasteiger partial charge in [-0.25, -0.2) is 4.79 Å². The van der Waals surface area contributed by atoms with Gasteiger partial charge >= 0.3 is 5.69 Å². The Balaban J connectivity index is 2.07. The normalized spacial score (nSPS) is 20.1. The van der Waals surface area contributed by atoms with E-state index < -0.39 is 24.9 Å². The Bertz CT molecular complexity index is 807. The number of nitrogens with zero attached hydrogens (tertiary/aromatic N) is 2. The van der Waals surface area contributed by atoms with Gasteiger partial charge < -0.3 is 20.4 Å². The van der Waals surface area contributed by atoms with E-state index in [-0.39, 0.29) is 17.6 Å². The Labute approximate surface area is 139 Å². The predicted octanol–water partition coefficient (Wildman–Crippen LogP) is -0.441. The molecule has 3 rings (SSSR count). The van der Waals surface area contributed by atoms with Gasteiger partial charge in [-0.3, -0.25) is 9.13 Å². The second-order valence-corrected chi connectivity index (χ2v) is 7.16. The topological polar surface area (TPSA) is 108 Å². The number of benzene rings is 1. The number of para-hydroxylation sites is 1. The lowest BCUT2D eigenvalue weighted by atomic mass is 9.79. The summed E-state index contributed by atoms with van der Waals surface area (Å²) >= 11 is 0. The summed E-state index contributed by atoms with van der Waals surface area (Å²) in [6, 6.07) is 5.72. The summed E-state index contributed by atoms with van der Waals surface area (Å²) in [6.45, 7) is 4.08. The fourth-order valence-corrected chi connectivity index (χ4v) is 3.49. The third-order valence-electron chi connectivity index (χ3n) is 5.07. The molecule has 1 aliphatic rings. The molecule has 0 bridgehead atoms. The minimum absolute atomic E-state index is 0.0383. The zero-order valence-corrected chi connectivity index (χ0v) is 13.9. The fraction of sp³-hybridized carbons (Fsp3) is 0.588. The molecule has 0 amide bonds. The highest BCUT2D eigenvalue weighted by molar-refractivity contribution is 5.81. The van der Waals surface area contributed by atoms with Crippen LogP contribution in [0.25, 0.3) is 11.0 Å². The molecule has 0 radical (unpaired) electrons. The van der Waals surface area contributed by atoms with Crippen LogP contribution < -0.4 is 5.69 Å². The first-order chi connectivity index (χ1) is 11.3. The monoisotopic (exact) mass is 336 g/mol. The largest absolute Gasteiger partial charge is 0.394 e. The molecule has 3 atom stereocenters. The first kappa shape index (κ1) is 17.2. The van der Waals surface area contributed by atoms with Crippen molar-refractivity contribution in [1.29, 1.82) is 0 Å². The molecule has 0 spiro atoms. The molecule has 1 aromatic carbocycles. The third kappa shape index (κ3) is 2.57. The van der Waals surface area contributed by atoms with Crippen molar-refractivity contribution in [3.63, 3.8) is 0 Å². The van der Waals surface area contributed by atoms with Gasteiger partial charge in [-0.15, -0.1) is 0 Å². The van der Waals surface area contributed by atoms with Crippen LogP contribution in [0.3, 0.4) is 0 Å².